The third-order valence-electron chi connectivity index (χ3n) is 2.74. The van der Waals surface area contributed by atoms with Gasteiger partial charge in [0.2, 0.25) is 7.98 Å². The van der Waals surface area contributed by atoms with Gasteiger partial charge < -0.3 is 0 Å². The van der Waals surface area contributed by atoms with Crippen molar-refractivity contribution < 1.29 is 8.78 Å². The van der Waals surface area contributed by atoms with Crippen LogP contribution in [0.1, 0.15) is 20.8 Å². The van der Waals surface area contributed by atoms with Crippen LogP contribution in [0.25, 0.3) is 0 Å². The van der Waals surface area contributed by atoms with Crippen LogP contribution < -0.4 is 0 Å². The van der Waals surface area contributed by atoms with E-state index in [-0.39, 0.29) is 10.8 Å². The fourth-order valence-electron chi connectivity index (χ4n) is 1.81. The van der Waals surface area contributed by atoms with E-state index in [1.807, 2.05) is 33.2 Å². The molecule has 0 bridgehead atoms. The van der Waals surface area contributed by atoms with Crippen LogP contribution >= 0.6 is 22.6 Å². The van der Waals surface area contributed by atoms with Gasteiger partial charge in [-0.15, -0.1) is 0 Å². The number of halogens is 1. The molecule has 2 atom stereocenters. The van der Waals surface area contributed by atoms with Gasteiger partial charge in [-0.2, -0.15) is 0 Å². The molecule has 0 amide bonds. The molecular weight excluding hydrogens is 372 g/mol. The van der Waals surface area contributed by atoms with Crippen LogP contribution in [0.5, 0.6) is 0 Å². The van der Waals surface area contributed by atoms with E-state index in [1.54, 1.807) is 0 Å². The van der Waals surface area contributed by atoms with Gasteiger partial charge in [-0.05, 0) is 55.5 Å². The molecule has 2 unspecified atom stereocenters. The molecular formula is C12H16BIN3OS+. The van der Waals surface area contributed by atoms with E-state index >= 15 is 0 Å². The van der Waals surface area contributed by atoms with Crippen LogP contribution in [0.4, 0.5) is 0 Å². The minimum Gasteiger partial charge on any atom is -0.266 e. The largest absolute Gasteiger partial charge is 0.312 e. The maximum atomic E-state index is 12.2. The van der Waals surface area contributed by atoms with Crippen molar-refractivity contribution in [2.45, 2.75) is 31.6 Å². The Hall–Kier alpha value is -0.275. The number of allylic oxidation sites excluding steroid dienone is 2. The average Bonchev–Trinajstić information content (AvgIpc) is 2.69. The number of hydrogen-bond donors (Lipinski definition) is 0. The van der Waals surface area contributed by atoms with E-state index in [4.69, 9.17) is 7.98 Å². The van der Waals surface area contributed by atoms with Crippen molar-refractivity contribution in [1.29, 1.82) is 0 Å². The Balaban J connectivity index is 2.16. The molecule has 2 heterocycles. The monoisotopic (exact) mass is 388 g/mol. The summed E-state index contributed by atoms with van der Waals surface area (Å²) in [4.78, 5) is 4.38. The van der Waals surface area contributed by atoms with E-state index in [1.165, 1.54) is 4.22 Å². The number of amidine groups is 1. The van der Waals surface area contributed by atoms with Gasteiger partial charge in [0.05, 0.1) is 19.3 Å². The lowest BCUT2D eigenvalue weighted by atomic mass is 10.2. The van der Waals surface area contributed by atoms with Crippen LogP contribution in [0.15, 0.2) is 26.9 Å². The molecule has 0 fully saturated rings. The summed E-state index contributed by atoms with van der Waals surface area (Å²) in [7, 11) is 4.66. The van der Waals surface area contributed by atoms with E-state index in [9.17, 15) is 4.21 Å². The highest BCUT2D eigenvalue weighted by Gasteiger charge is 2.32. The molecule has 4 nitrogen and oxygen atoms in total. The molecule has 2 radical (unpaired) electrons. The fourth-order valence-corrected chi connectivity index (χ4v) is 3.26. The predicted octanol–water partition coefficient (Wildman–Crippen LogP) is 1.54. The zero-order chi connectivity index (χ0) is 14.2. The summed E-state index contributed by atoms with van der Waals surface area (Å²) in [5.74, 6) is 0.823. The number of aliphatic imine (C=N–C) groups is 1. The Morgan fingerprint density at radius 3 is 2.89 bits per heavy atom. The van der Waals surface area contributed by atoms with Crippen molar-refractivity contribution in [2.75, 3.05) is 6.54 Å². The first-order valence-corrected chi connectivity index (χ1v) is 8.15. The van der Waals surface area contributed by atoms with Crippen molar-refractivity contribution in [1.82, 2.24) is 4.22 Å². The molecule has 0 aromatic rings. The normalized spacial score (nSPS) is 23.8. The van der Waals surface area contributed by atoms with Gasteiger partial charge in [-0.1, -0.05) is 4.99 Å². The van der Waals surface area contributed by atoms with Crippen LogP contribution in [-0.2, 0) is 11.0 Å². The second kappa shape index (κ2) is 5.61. The smallest absolute Gasteiger partial charge is 0.266 e. The summed E-state index contributed by atoms with van der Waals surface area (Å²) in [5, 5.41) is 0. The Kier molecular flexibility index (Phi) is 4.47. The topological polar surface area (TPSA) is 35.7 Å². The highest BCUT2D eigenvalue weighted by Crippen LogP contribution is 2.19. The number of fused-ring (bicyclic) bond motifs is 1. The highest BCUT2D eigenvalue weighted by molar-refractivity contribution is 14.1. The zero-order valence-electron chi connectivity index (χ0n) is 11.2. The summed E-state index contributed by atoms with van der Waals surface area (Å²) >= 11 is 2.26. The van der Waals surface area contributed by atoms with E-state index < -0.39 is 11.0 Å². The van der Waals surface area contributed by atoms with Crippen LogP contribution in [0, 0.1) is 0 Å². The SMILES string of the molecule is [B]N(CC1=[N+]2C=C(I)C=CC2C=N1)S(=O)C(C)(C)C. The molecule has 0 aromatic heterocycles. The van der Waals surface area contributed by atoms with Crippen molar-refractivity contribution in [2.24, 2.45) is 4.99 Å². The van der Waals surface area contributed by atoms with Gasteiger partial charge >= 0.3 is 5.84 Å². The first-order chi connectivity index (χ1) is 8.79. The number of nitrogens with zero attached hydrogens (tertiary/aromatic N) is 3. The number of hydrogen-bond acceptors (Lipinski definition) is 2. The summed E-state index contributed by atoms with van der Waals surface area (Å²) < 4.78 is 16.4. The molecule has 19 heavy (non-hydrogen) atoms. The van der Waals surface area contributed by atoms with Gasteiger partial charge in [0, 0.05) is 0 Å². The van der Waals surface area contributed by atoms with Gasteiger partial charge in [-0.25, -0.2) is 8.78 Å². The lowest BCUT2D eigenvalue weighted by Crippen LogP contribution is -2.40. The molecule has 2 aliphatic rings. The van der Waals surface area contributed by atoms with E-state index in [2.05, 4.69) is 44.3 Å². The molecule has 0 saturated carbocycles. The maximum absolute atomic E-state index is 12.2. The molecule has 0 aromatic carbocycles. The molecule has 7 heteroatoms. The molecule has 0 spiro atoms. The molecule has 2 rings (SSSR count). The quantitative estimate of drug-likeness (QED) is 0.411. The summed E-state index contributed by atoms with van der Waals surface area (Å²) in [6.45, 7) is 6.08. The van der Waals surface area contributed by atoms with Gasteiger partial charge in [0.1, 0.15) is 12.7 Å². The van der Waals surface area contributed by atoms with Crippen molar-refractivity contribution >= 4 is 53.6 Å². The zero-order valence-corrected chi connectivity index (χ0v) is 14.2. The van der Waals surface area contributed by atoms with Crippen LogP contribution in [-0.4, -0.2) is 50.4 Å². The molecule has 0 saturated heterocycles. The van der Waals surface area contributed by atoms with Crippen molar-refractivity contribution in [3.63, 3.8) is 0 Å². The molecule has 2 aliphatic heterocycles. The molecule has 0 aliphatic carbocycles. The number of rotatable bonds is 3. The Morgan fingerprint density at radius 2 is 2.26 bits per heavy atom. The Labute approximate surface area is 131 Å². The minimum atomic E-state index is -1.25. The van der Waals surface area contributed by atoms with Crippen LogP contribution in [0.3, 0.4) is 0 Å². The van der Waals surface area contributed by atoms with Gasteiger partial charge in [-0.3, -0.25) is 4.22 Å². The highest BCUT2D eigenvalue weighted by atomic mass is 127. The second-order valence-electron chi connectivity index (χ2n) is 5.40. The van der Waals surface area contributed by atoms with E-state index in [0.717, 1.165) is 9.42 Å². The molecule has 0 N–H and O–H groups in total. The predicted molar refractivity (Wildman–Crippen MR) is 89.1 cm³/mol. The van der Waals surface area contributed by atoms with Gasteiger partial charge in [0.15, 0.2) is 12.3 Å². The standard InChI is InChI=1S/C12H16BIN3OS/c1-12(2,3)19(18)17(13)8-11-15-6-10-5-4-9(14)7-16(10)11/h4-7,10H,8H2,1-3H3/q+1. The fraction of sp³-hybridized carbons (Fsp3) is 0.500. The first kappa shape index (κ1) is 15.1. The third-order valence-corrected chi connectivity index (χ3v) is 4.99. The lowest BCUT2D eigenvalue weighted by molar-refractivity contribution is -0.465. The van der Waals surface area contributed by atoms with Gasteiger partial charge in [0.25, 0.3) is 0 Å². The minimum absolute atomic E-state index is 0.157. The summed E-state index contributed by atoms with van der Waals surface area (Å²) in [5.41, 5.74) is 0. The first-order valence-electron chi connectivity index (χ1n) is 5.97. The average molecular weight is 388 g/mol. The summed E-state index contributed by atoms with van der Waals surface area (Å²) in [6, 6.07) is 0.157. The second-order valence-corrected chi connectivity index (χ2v) is 8.84. The maximum Gasteiger partial charge on any atom is 0.312 e. The Morgan fingerprint density at radius 1 is 1.58 bits per heavy atom. The molecule has 100 valence electrons. The third kappa shape index (κ3) is 3.43. The van der Waals surface area contributed by atoms with Crippen LogP contribution in [0.2, 0.25) is 0 Å². The van der Waals surface area contributed by atoms with Crippen molar-refractivity contribution in [3.8, 4) is 0 Å². The summed E-state index contributed by atoms with van der Waals surface area (Å²) in [6.07, 6.45) is 8.05. The van der Waals surface area contributed by atoms with E-state index in [0.29, 0.717) is 6.54 Å². The lowest BCUT2D eigenvalue weighted by Gasteiger charge is -2.24. The Bertz CT molecular complexity index is 534. The van der Waals surface area contributed by atoms with Crippen molar-refractivity contribution in [3.05, 3.63) is 21.9 Å².